The topological polar surface area (TPSA) is 73.1 Å². The summed E-state index contributed by atoms with van der Waals surface area (Å²) in [7, 11) is 2.20. The van der Waals surface area contributed by atoms with Crippen molar-refractivity contribution in [1.82, 2.24) is 9.97 Å². The fraction of sp³-hybridized carbons (Fsp3) is 0.379. The van der Waals surface area contributed by atoms with Crippen LogP contribution in [0.1, 0.15) is 45.9 Å². The quantitative estimate of drug-likeness (QED) is 0.261. The lowest BCUT2D eigenvalue weighted by atomic mass is 10.1. The zero-order valence-electron chi connectivity index (χ0n) is 22.7. The van der Waals surface area contributed by atoms with Gasteiger partial charge in [0, 0.05) is 38.0 Å². The van der Waals surface area contributed by atoms with Crippen LogP contribution in [0.2, 0.25) is 0 Å². The van der Waals surface area contributed by atoms with Gasteiger partial charge in [0.2, 0.25) is 0 Å². The van der Waals surface area contributed by atoms with E-state index >= 15 is 0 Å². The number of ether oxygens (including phenoxy) is 1. The van der Waals surface area contributed by atoms with Crippen LogP contribution in [-0.2, 0) is 4.74 Å². The molecular weight excluding hydrogens is 490 g/mol. The van der Waals surface area contributed by atoms with Crippen LogP contribution in [0.4, 0.5) is 13.9 Å². The molecule has 1 atom stereocenters. The predicted octanol–water partition coefficient (Wildman–Crippen LogP) is 7.84. The van der Waals surface area contributed by atoms with Gasteiger partial charge >= 0.3 is 0 Å². The highest BCUT2D eigenvalue weighted by Crippen LogP contribution is 2.38. The van der Waals surface area contributed by atoms with E-state index in [1.165, 1.54) is 11.0 Å². The number of benzene rings is 1. The summed E-state index contributed by atoms with van der Waals surface area (Å²) < 4.78 is 27.3. The number of halogens is 2. The number of allylic oxidation sites excluding steroid dienone is 6. The maximum atomic E-state index is 12.3. The van der Waals surface area contributed by atoms with Crippen molar-refractivity contribution in [3.63, 3.8) is 0 Å². The van der Waals surface area contributed by atoms with Crippen molar-refractivity contribution in [3.05, 3.63) is 77.8 Å². The van der Waals surface area contributed by atoms with E-state index in [9.17, 15) is 8.78 Å². The minimum absolute atomic E-state index is 0.0668. The van der Waals surface area contributed by atoms with Crippen LogP contribution in [0.3, 0.4) is 0 Å². The van der Waals surface area contributed by atoms with Crippen LogP contribution in [0.5, 0.6) is 0 Å². The Balaban J connectivity index is 0.000000417. The second-order valence-electron chi connectivity index (χ2n) is 8.19. The van der Waals surface area contributed by atoms with Crippen LogP contribution in [0.25, 0.3) is 21.2 Å². The Morgan fingerprint density at radius 1 is 1.19 bits per heavy atom. The number of hydrogen-bond donors (Lipinski definition) is 2. The normalized spacial score (nSPS) is 11.9. The first-order valence-electron chi connectivity index (χ1n) is 12.2. The molecule has 0 radical (unpaired) electrons. The fourth-order valence-corrected chi connectivity index (χ4v) is 4.17. The number of thiazole rings is 1. The highest BCUT2D eigenvalue weighted by molar-refractivity contribution is 7.19. The SMILES string of the molecule is CC/C=C\C(=C/C=C(C)C)CF.CF.COC(C)c1nc(NCCN)sc1-c1ccc2cnccc2c1. The molecule has 37 heavy (non-hydrogen) atoms. The van der Waals surface area contributed by atoms with E-state index in [0.717, 1.165) is 38.6 Å². The molecule has 1 unspecified atom stereocenters. The maximum absolute atomic E-state index is 12.3. The lowest BCUT2D eigenvalue weighted by molar-refractivity contribution is 0.117. The molecule has 0 spiro atoms. The molecule has 1 aromatic carbocycles. The first-order chi connectivity index (χ1) is 17.9. The maximum Gasteiger partial charge on any atom is 0.183 e. The van der Waals surface area contributed by atoms with Crippen molar-refractivity contribution in [3.8, 4) is 10.4 Å². The number of alkyl halides is 2. The number of hydrogen-bond acceptors (Lipinski definition) is 6. The second kappa shape index (κ2) is 18.3. The number of nitrogens with zero attached hydrogens (tertiary/aromatic N) is 2. The molecule has 8 heteroatoms. The van der Waals surface area contributed by atoms with Gasteiger partial charge in [-0.1, -0.05) is 60.3 Å². The van der Waals surface area contributed by atoms with Gasteiger partial charge in [-0.05, 0) is 55.8 Å². The Morgan fingerprint density at radius 2 is 1.95 bits per heavy atom. The van der Waals surface area contributed by atoms with Crippen LogP contribution >= 0.6 is 11.3 Å². The average Bonchev–Trinajstić information content (AvgIpc) is 3.37. The summed E-state index contributed by atoms with van der Waals surface area (Å²) in [6.07, 6.45) is 12.1. The van der Waals surface area contributed by atoms with Crippen molar-refractivity contribution >= 4 is 27.2 Å². The van der Waals surface area contributed by atoms with Gasteiger partial charge in [0.25, 0.3) is 0 Å². The molecule has 0 aliphatic heterocycles. The molecule has 0 aliphatic rings. The number of anilines is 1. The van der Waals surface area contributed by atoms with Crippen LogP contribution in [0.15, 0.2) is 72.1 Å². The summed E-state index contributed by atoms with van der Waals surface area (Å²) in [6, 6.07) is 8.39. The molecule has 2 heterocycles. The summed E-state index contributed by atoms with van der Waals surface area (Å²) in [5.41, 5.74) is 9.57. The molecule has 0 amide bonds. The first-order valence-corrected chi connectivity index (χ1v) is 13.0. The molecule has 5 nitrogen and oxygen atoms in total. The number of aromatic nitrogens is 2. The summed E-state index contributed by atoms with van der Waals surface area (Å²) in [5.74, 6) is 0. The van der Waals surface area contributed by atoms with E-state index in [2.05, 4.69) is 33.5 Å². The number of pyridine rings is 1. The van der Waals surface area contributed by atoms with Crippen LogP contribution in [0, 0.1) is 0 Å². The van der Waals surface area contributed by atoms with E-state index in [1.807, 2.05) is 70.5 Å². The first kappa shape index (κ1) is 32.1. The van der Waals surface area contributed by atoms with Gasteiger partial charge in [-0.2, -0.15) is 0 Å². The van der Waals surface area contributed by atoms with Crippen LogP contribution < -0.4 is 11.1 Å². The van der Waals surface area contributed by atoms with E-state index in [0.29, 0.717) is 20.3 Å². The molecule has 0 saturated carbocycles. The number of fused-ring (bicyclic) bond motifs is 1. The lowest BCUT2D eigenvalue weighted by Gasteiger charge is -2.09. The molecule has 3 rings (SSSR count). The third-order valence-electron chi connectivity index (χ3n) is 5.07. The Bertz CT molecular complexity index is 1150. The zero-order chi connectivity index (χ0) is 27.6. The third kappa shape index (κ3) is 10.9. The molecule has 3 N–H and O–H groups in total. The smallest absolute Gasteiger partial charge is 0.183 e. The lowest BCUT2D eigenvalue weighted by Crippen LogP contribution is -2.12. The molecule has 0 bridgehead atoms. The molecule has 3 aromatic rings. The van der Waals surface area contributed by atoms with Crippen molar-refractivity contribution in [1.29, 1.82) is 0 Å². The highest BCUT2D eigenvalue weighted by Gasteiger charge is 2.18. The largest absolute Gasteiger partial charge is 0.375 e. The van der Waals surface area contributed by atoms with E-state index in [1.54, 1.807) is 18.4 Å². The number of methoxy groups -OCH3 is 1. The van der Waals surface area contributed by atoms with Crippen molar-refractivity contribution < 1.29 is 13.5 Å². The highest BCUT2D eigenvalue weighted by atomic mass is 32.1. The summed E-state index contributed by atoms with van der Waals surface area (Å²) in [4.78, 5) is 9.97. The van der Waals surface area contributed by atoms with E-state index in [4.69, 9.17) is 10.5 Å². The van der Waals surface area contributed by atoms with Gasteiger partial charge in [0.1, 0.15) is 6.67 Å². The molecule has 0 saturated heterocycles. The third-order valence-corrected chi connectivity index (χ3v) is 6.15. The van der Waals surface area contributed by atoms with Crippen molar-refractivity contribution in [2.45, 2.75) is 40.2 Å². The van der Waals surface area contributed by atoms with Gasteiger partial charge in [-0.15, -0.1) is 0 Å². The fourth-order valence-electron chi connectivity index (χ4n) is 3.09. The van der Waals surface area contributed by atoms with Crippen molar-refractivity contribution in [2.24, 2.45) is 5.73 Å². The summed E-state index contributed by atoms with van der Waals surface area (Å²) in [6.45, 7) is 8.93. The molecular formula is C29H40F2N4OS. The molecule has 202 valence electrons. The van der Waals surface area contributed by atoms with Gasteiger partial charge in [0.15, 0.2) is 5.13 Å². The van der Waals surface area contributed by atoms with Gasteiger partial charge in [-0.3, -0.25) is 9.37 Å². The number of nitrogens with two attached hydrogens (primary N) is 1. The van der Waals surface area contributed by atoms with E-state index < -0.39 is 0 Å². The standard InChI is InChI=1S/C17H20N4OS.C11H17F.CH3F/c1-11(22-2)15-16(23-17(21-15)20-8-6-18)13-3-4-14-10-19-7-5-12(14)9-13;1-4-5-6-11(9-12)8-7-10(2)3;1-2/h3-5,7,9-11H,6,8,18H2,1-2H3,(H,20,21);5-8H,4,9H2,1-3H3;1H3/b;6-5-,11-8+;. The summed E-state index contributed by atoms with van der Waals surface area (Å²) in [5, 5.41) is 6.43. The minimum atomic E-state index is -0.389. The Hall–Kier alpha value is -2.94. The molecule has 2 aromatic heterocycles. The van der Waals surface area contributed by atoms with Gasteiger partial charge in [0.05, 0.1) is 23.9 Å². The van der Waals surface area contributed by atoms with Crippen LogP contribution in [-0.4, -0.2) is 44.0 Å². The predicted molar refractivity (Wildman–Crippen MR) is 156 cm³/mol. The second-order valence-corrected chi connectivity index (χ2v) is 9.19. The van der Waals surface area contributed by atoms with Gasteiger partial charge in [-0.25, -0.2) is 9.37 Å². The molecule has 0 fully saturated rings. The monoisotopic (exact) mass is 530 g/mol. The number of rotatable bonds is 10. The Labute approximate surface area is 224 Å². The Morgan fingerprint density at radius 3 is 2.57 bits per heavy atom. The number of nitrogens with one attached hydrogen (secondary N) is 1. The Kier molecular flexibility index (Phi) is 15.9. The molecule has 0 aliphatic carbocycles. The average molecular weight is 531 g/mol. The summed E-state index contributed by atoms with van der Waals surface area (Å²) >= 11 is 1.63. The minimum Gasteiger partial charge on any atom is -0.375 e. The van der Waals surface area contributed by atoms with E-state index in [-0.39, 0.29) is 12.8 Å². The zero-order valence-corrected chi connectivity index (χ0v) is 23.5. The van der Waals surface area contributed by atoms with Crippen molar-refractivity contribution in [2.75, 3.05) is 39.4 Å². The van der Waals surface area contributed by atoms with Gasteiger partial charge < -0.3 is 15.8 Å².